The van der Waals surface area contributed by atoms with Crippen LogP contribution in [0.5, 0.6) is 11.5 Å². The number of anilines is 2. The van der Waals surface area contributed by atoms with Crippen LogP contribution in [-0.2, 0) is 17.8 Å². The minimum atomic E-state index is -4.84. The quantitative estimate of drug-likeness (QED) is 0.549. The van der Waals surface area contributed by atoms with Gasteiger partial charge in [-0.2, -0.15) is 17.6 Å². The number of amides is 1. The molecule has 0 radical (unpaired) electrons. The highest BCUT2D eigenvalue weighted by atomic mass is 19.3. The largest absolute Gasteiger partial charge is 0.507 e. The van der Waals surface area contributed by atoms with Gasteiger partial charge in [0.15, 0.2) is 11.5 Å². The number of aromatic nitrogens is 2. The second-order valence-electron chi connectivity index (χ2n) is 6.84. The van der Waals surface area contributed by atoms with E-state index in [1.54, 1.807) is 30.7 Å². The summed E-state index contributed by atoms with van der Waals surface area (Å²) in [6.45, 7) is 0.467. The molecular formula is C21H16F4N4O3. The Hall–Kier alpha value is -3.89. The summed E-state index contributed by atoms with van der Waals surface area (Å²) < 4.78 is 61.4. The summed E-state index contributed by atoms with van der Waals surface area (Å²) in [4.78, 5) is 20.7. The smallest absolute Gasteiger partial charge is 0.421 e. The lowest BCUT2D eigenvalue weighted by Crippen LogP contribution is -2.52. The first kappa shape index (κ1) is 21.3. The fraction of sp³-hybridized carbons (Fsp3) is 0.190. The Bertz CT molecular complexity index is 1130. The van der Waals surface area contributed by atoms with Gasteiger partial charge in [-0.05, 0) is 35.9 Å². The van der Waals surface area contributed by atoms with Crippen molar-refractivity contribution in [3.63, 3.8) is 0 Å². The van der Waals surface area contributed by atoms with E-state index < -0.39 is 29.6 Å². The van der Waals surface area contributed by atoms with Gasteiger partial charge < -0.3 is 20.1 Å². The number of hydrogen-bond donors (Lipinski definition) is 2. The summed E-state index contributed by atoms with van der Waals surface area (Å²) in [7, 11) is 0. The van der Waals surface area contributed by atoms with Gasteiger partial charge in [-0.15, -0.1) is 0 Å². The number of nitrogens with one attached hydrogen (secondary N) is 2. The Balaban J connectivity index is 1.43. The number of ether oxygens (including phenoxy) is 2. The lowest BCUT2D eigenvalue weighted by Gasteiger charge is -2.31. The van der Waals surface area contributed by atoms with E-state index in [4.69, 9.17) is 0 Å². The molecule has 0 saturated carbocycles. The molecule has 166 valence electrons. The zero-order valence-corrected chi connectivity index (χ0v) is 16.3. The number of benzene rings is 1. The molecule has 4 rings (SSSR count). The fourth-order valence-corrected chi connectivity index (χ4v) is 2.95. The van der Waals surface area contributed by atoms with Crippen molar-refractivity contribution in [1.29, 1.82) is 0 Å². The van der Waals surface area contributed by atoms with Crippen molar-refractivity contribution in [2.24, 2.45) is 0 Å². The van der Waals surface area contributed by atoms with Crippen molar-refractivity contribution < 1.29 is 31.8 Å². The monoisotopic (exact) mass is 448 g/mol. The summed E-state index contributed by atoms with van der Waals surface area (Å²) in [5, 5.41) is 5.67. The van der Waals surface area contributed by atoms with Crippen LogP contribution in [0.25, 0.3) is 0 Å². The molecule has 1 amide bonds. The van der Waals surface area contributed by atoms with E-state index in [1.807, 2.05) is 12.1 Å². The Morgan fingerprint density at radius 3 is 2.41 bits per heavy atom. The number of carbonyl (C=O) groups excluding carboxylic acids is 1. The third-order valence-electron chi connectivity index (χ3n) is 4.49. The Morgan fingerprint density at radius 2 is 1.66 bits per heavy atom. The first-order valence-electron chi connectivity index (χ1n) is 9.38. The molecule has 1 aliphatic rings. The first-order valence-corrected chi connectivity index (χ1v) is 9.38. The molecule has 0 aliphatic carbocycles. The van der Waals surface area contributed by atoms with Crippen molar-refractivity contribution >= 4 is 17.4 Å². The van der Waals surface area contributed by atoms with E-state index >= 15 is 0 Å². The van der Waals surface area contributed by atoms with E-state index in [0.29, 0.717) is 17.9 Å². The lowest BCUT2D eigenvalue weighted by molar-refractivity contribution is -0.391. The van der Waals surface area contributed by atoms with Crippen LogP contribution in [0.3, 0.4) is 0 Å². The Kier molecular flexibility index (Phi) is 5.56. The van der Waals surface area contributed by atoms with Crippen LogP contribution in [0.15, 0.2) is 61.1 Å². The molecule has 32 heavy (non-hydrogen) atoms. The number of carbonyl (C=O) groups is 1. The molecule has 0 atom stereocenters. The van der Waals surface area contributed by atoms with Crippen LogP contribution < -0.4 is 20.1 Å². The van der Waals surface area contributed by atoms with E-state index in [0.717, 1.165) is 17.7 Å². The van der Waals surface area contributed by atoms with Gasteiger partial charge >= 0.3 is 12.2 Å². The average molecular weight is 448 g/mol. The highest BCUT2D eigenvalue weighted by Crippen LogP contribution is 2.47. The van der Waals surface area contributed by atoms with E-state index in [2.05, 4.69) is 30.1 Å². The molecule has 0 fully saturated rings. The molecule has 2 aromatic heterocycles. The number of alkyl halides is 4. The van der Waals surface area contributed by atoms with Crippen LogP contribution in [0.2, 0.25) is 0 Å². The molecule has 7 nitrogen and oxygen atoms in total. The lowest BCUT2D eigenvalue weighted by atomic mass is 10.1. The van der Waals surface area contributed by atoms with Crippen LogP contribution >= 0.6 is 0 Å². The van der Waals surface area contributed by atoms with Gasteiger partial charge in [-0.25, -0.2) is 4.98 Å². The van der Waals surface area contributed by atoms with E-state index in [-0.39, 0.29) is 12.1 Å². The number of halogens is 4. The van der Waals surface area contributed by atoms with Crippen LogP contribution in [0.4, 0.5) is 29.1 Å². The van der Waals surface area contributed by atoms with Crippen molar-refractivity contribution in [2.75, 3.05) is 10.6 Å². The van der Waals surface area contributed by atoms with E-state index in [1.165, 1.54) is 6.07 Å². The molecule has 3 aromatic rings. The number of fused-ring (bicyclic) bond motifs is 1. The Morgan fingerprint density at radius 1 is 0.938 bits per heavy atom. The van der Waals surface area contributed by atoms with Crippen LogP contribution in [0.1, 0.15) is 11.1 Å². The maximum absolute atomic E-state index is 13.4. The van der Waals surface area contributed by atoms with Gasteiger partial charge in [0.2, 0.25) is 5.91 Å². The Labute approximate surface area is 179 Å². The zero-order chi connectivity index (χ0) is 22.8. The van der Waals surface area contributed by atoms with E-state index in [9.17, 15) is 22.4 Å². The molecule has 11 heteroatoms. The predicted octanol–water partition coefficient (Wildman–Crippen LogP) is 4.23. The molecule has 0 unspecified atom stereocenters. The summed E-state index contributed by atoms with van der Waals surface area (Å²) in [6.07, 6.45) is -4.82. The maximum atomic E-state index is 13.4. The third kappa shape index (κ3) is 4.56. The molecule has 2 N–H and O–H groups in total. The highest BCUT2D eigenvalue weighted by Gasteiger charge is 2.65. The highest BCUT2D eigenvalue weighted by molar-refractivity contribution is 5.93. The number of rotatable bonds is 6. The number of nitrogens with zero attached hydrogens (tertiary/aromatic N) is 2. The molecule has 0 bridgehead atoms. The molecule has 1 aliphatic heterocycles. The summed E-state index contributed by atoms with van der Waals surface area (Å²) in [6, 6.07) is 10.3. The normalized spacial score (nSPS) is 15.6. The van der Waals surface area contributed by atoms with Crippen molar-refractivity contribution in [3.05, 3.63) is 72.2 Å². The van der Waals surface area contributed by atoms with Gasteiger partial charge in [0, 0.05) is 42.5 Å². The number of hydrogen-bond acceptors (Lipinski definition) is 6. The van der Waals surface area contributed by atoms with Gasteiger partial charge in [-0.3, -0.25) is 9.78 Å². The summed E-state index contributed by atoms with van der Waals surface area (Å²) in [5.41, 5.74) is 1.65. The molecular weight excluding hydrogens is 432 g/mol. The standard InChI is InChI=1S/C21H16F4N4O3/c22-20(23)21(24,25)32-17-11-15(3-4-16(17)31-20)29-18(30)10-14-2-1-7-27-19(14)28-12-13-5-8-26-9-6-13/h1-9,11H,10,12H2,(H,27,28)(H,29,30). The van der Waals surface area contributed by atoms with Crippen LogP contribution in [0, 0.1) is 0 Å². The SMILES string of the molecule is O=C(Cc1cccnc1NCc1ccncc1)Nc1ccc2c(c1)OC(F)(F)C(F)(F)O2. The molecule has 0 saturated heterocycles. The molecule has 0 spiro atoms. The number of pyridine rings is 2. The minimum absolute atomic E-state index is 0.0742. The predicted molar refractivity (Wildman–Crippen MR) is 106 cm³/mol. The summed E-state index contributed by atoms with van der Waals surface area (Å²) in [5.74, 6) is -1.14. The third-order valence-corrected chi connectivity index (χ3v) is 4.49. The minimum Gasteiger partial charge on any atom is -0.421 e. The second-order valence-corrected chi connectivity index (χ2v) is 6.84. The molecule has 3 heterocycles. The first-order chi connectivity index (χ1) is 15.2. The van der Waals surface area contributed by atoms with Gasteiger partial charge in [0.05, 0.1) is 6.42 Å². The zero-order valence-electron chi connectivity index (χ0n) is 16.3. The van der Waals surface area contributed by atoms with Crippen LogP contribution in [-0.4, -0.2) is 28.1 Å². The summed E-state index contributed by atoms with van der Waals surface area (Å²) >= 11 is 0. The van der Waals surface area contributed by atoms with Gasteiger partial charge in [0.25, 0.3) is 0 Å². The fourth-order valence-electron chi connectivity index (χ4n) is 2.95. The average Bonchev–Trinajstić information content (AvgIpc) is 2.74. The van der Waals surface area contributed by atoms with Gasteiger partial charge in [-0.1, -0.05) is 6.07 Å². The topological polar surface area (TPSA) is 85.4 Å². The van der Waals surface area contributed by atoms with Crippen molar-refractivity contribution in [1.82, 2.24) is 9.97 Å². The van der Waals surface area contributed by atoms with Crippen molar-refractivity contribution in [3.8, 4) is 11.5 Å². The molecule has 1 aromatic carbocycles. The maximum Gasteiger partial charge on any atom is 0.507 e. The van der Waals surface area contributed by atoms with Gasteiger partial charge in [0.1, 0.15) is 5.82 Å². The van der Waals surface area contributed by atoms with Crippen molar-refractivity contribution in [2.45, 2.75) is 25.2 Å². The second kappa shape index (κ2) is 8.33.